The van der Waals surface area contributed by atoms with Gasteiger partial charge < -0.3 is 29.2 Å². The van der Waals surface area contributed by atoms with Gasteiger partial charge in [-0.3, -0.25) is 4.99 Å². The molecule has 1 aliphatic rings. The van der Waals surface area contributed by atoms with Crippen LogP contribution in [-0.4, -0.2) is 77.7 Å². The monoisotopic (exact) mass is 521 g/mol. The van der Waals surface area contributed by atoms with E-state index in [0.29, 0.717) is 19.3 Å². The van der Waals surface area contributed by atoms with Crippen molar-refractivity contribution in [2.24, 2.45) is 4.99 Å². The molecule has 1 fully saturated rings. The lowest BCUT2D eigenvalue weighted by Crippen LogP contribution is -2.46. The van der Waals surface area contributed by atoms with Crippen molar-refractivity contribution < 1.29 is 18.9 Å². The van der Waals surface area contributed by atoms with Crippen molar-refractivity contribution in [3.05, 3.63) is 29.8 Å². The van der Waals surface area contributed by atoms with Crippen LogP contribution < -0.4 is 10.1 Å². The quantitative estimate of drug-likeness (QED) is 0.209. The molecule has 1 aromatic rings. The zero-order valence-corrected chi connectivity index (χ0v) is 20.2. The zero-order valence-electron chi connectivity index (χ0n) is 17.9. The Morgan fingerprint density at radius 3 is 2.34 bits per heavy atom. The van der Waals surface area contributed by atoms with Crippen molar-refractivity contribution in [2.45, 2.75) is 31.9 Å². The maximum absolute atomic E-state index is 5.94. The fourth-order valence-corrected chi connectivity index (χ4v) is 3.15. The Labute approximate surface area is 192 Å². The average Bonchev–Trinajstić information content (AvgIpc) is 2.74. The van der Waals surface area contributed by atoms with Gasteiger partial charge in [0, 0.05) is 54.1 Å². The highest BCUT2D eigenvalue weighted by Crippen LogP contribution is 2.15. The summed E-state index contributed by atoms with van der Waals surface area (Å²) in [5.41, 5.74) is 1.19. The Morgan fingerprint density at radius 1 is 1.03 bits per heavy atom. The number of aliphatic imine (C=N–C) groups is 1. The number of piperidine rings is 1. The molecule has 1 aliphatic heterocycles. The standard InChI is InChI=1S/C21H35N3O4.HI/c1-22-21(24-11-9-20(10-12-24)27-14-4-13-25-2)23-17-18-5-7-19(8-6-18)28-16-15-26-3;/h5-8,20H,4,9-17H2,1-3H3,(H,22,23);1H. The molecule has 0 bridgehead atoms. The minimum atomic E-state index is 0. The fraction of sp³-hybridized carbons (Fsp3) is 0.667. The minimum Gasteiger partial charge on any atom is -0.491 e. The van der Waals surface area contributed by atoms with Gasteiger partial charge in [-0.05, 0) is 37.0 Å². The van der Waals surface area contributed by atoms with Crippen LogP contribution in [0.25, 0.3) is 0 Å². The number of guanidine groups is 1. The van der Waals surface area contributed by atoms with Gasteiger partial charge in [-0.25, -0.2) is 0 Å². The number of hydrogen-bond acceptors (Lipinski definition) is 5. The smallest absolute Gasteiger partial charge is 0.193 e. The molecule has 1 heterocycles. The molecule has 166 valence electrons. The second-order valence-corrected chi connectivity index (χ2v) is 6.79. The molecule has 0 atom stereocenters. The van der Waals surface area contributed by atoms with Crippen molar-refractivity contribution in [1.82, 2.24) is 10.2 Å². The molecular formula is C21H36IN3O4. The van der Waals surface area contributed by atoms with E-state index in [1.165, 1.54) is 5.56 Å². The van der Waals surface area contributed by atoms with E-state index >= 15 is 0 Å². The number of nitrogens with one attached hydrogen (secondary N) is 1. The Kier molecular flexibility index (Phi) is 14.0. The van der Waals surface area contributed by atoms with Gasteiger partial charge in [-0.1, -0.05) is 12.1 Å². The molecule has 0 amide bonds. The molecule has 1 saturated heterocycles. The van der Waals surface area contributed by atoms with Gasteiger partial charge >= 0.3 is 0 Å². The highest BCUT2D eigenvalue weighted by Gasteiger charge is 2.21. The number of nitrogens with zero attached hydrogens (tertiary/aromatic N) is 2. The van der Waals surface area contributed by atoms with Gasteiger partial charge in [0.2, 0.25) is 0 Å². The molecule has 2 rings (SSSR count). The Morgan fingerprint density at radius 2 is 1.72 bits per heavy atom. The molecule has 0 aliphatic carbocycles. The van der Waals surface area contributed by atoms with Crippen LogP contribution in [0.5, 0.6) is 5.75 Å². The lowest BCUT2D eigenvalue weighted by Gasteiger charge is -2.34. The van der Waals surface area contributed by atoms with Gasteiger partial charge in [0.1, 0.15) is 12.4 Å². The summed E-state index contributed by atoms with van der Waals surface area (Å²) in [6.45, 7) is 5.34. The van der Waals surface area contributed by atoms with E-state index in [4.69, 9.17) is 18.9 Å². The van der Waals surface area contributed by atoms with Gasteiger partial charge in [-0.15, -0.1) is 24.0 Å². The first-order chi connectivity index (χ1) is 13.8. The summed E-state index contributed by atoms with van der Waals surface area (Å²) >= 11 is 0. The number of likely N-dealkylation sites (tertiary alicyclic amines) is 1. The van der Waals surface area contributed by atoms with E-state index < -0.39 is 0 Å². The Hall–Kier alpha value is -1.10. The second kappa shape index (κ2) is 15.7. The molecule has 8 heteroatoms. The first kappa shape index (κ1) is 25.9. The van der Waals surface area contributed by atoms with Crippen LogP contribution in [0.3, 0.4) is 0 Å². The highest BCUT2D eigenvalue weighted by molar-refractivity contribution is 14.0. The lowest BCUT2D eigenvalue weighted by molar-refractivity contribution is 0.00989. The van der Waals surface area contributed by atoms with Gasteiger partial charge in [0.05, 0.1) is 12.7 Å². The van der Waals surface area contributed by atoms with Gasteiger partial charge in [0.25, 0.3) is 0 Å². The Balaban J connectivity index is 0.00000420. The summed E-state index contributed by atoms with van der Waals surface area (Å²) in [5, 5.41) is 3.46. The van der Waals surface area contributed by atoms with Crippen molar-refractivity contribution in [3.8, 4) is 5.75 Å². The maximum atomic E-state index is 5.94. The maximum Gasteiger partial charge on any atom is 0.193 e. The van der Waals surface area contributed by atoms with Crippen molar-refractivity contribution in [2.75, 3.05) is 60.8 Å². The summed E-state index contributed by atoms with van der Waals surface area (Å²) in [5.74, 6) is 1.80. The second-order valence-electron chi connectivity index (χ2n) is 6.79. The number of rotatable bonds is 11. The number of benzene rings is 1. The van der Waals surface area contributed by atoms with Crippen LogP contribution in [0.15, 0.2) is 29.3 Å². The summed E-state index contributed by atoms with van der Waals surface area (Å²) in [4.78, 5) is 6.74. The third-order valence-corrected chi connectivity index (χ3v) is 4.73. The molecule has 0 radical (unpaired) electrons. The molecule has 7 nitrogen and oxygen atoms in total. The summed E-state index contributed by atoms with van der Waals surface area (Å²) < 4.78 is 21.6. The SMILES string of the molecule is CN=C(NCc1ccc(OCCOC)cc1)N1CCC(OCCCOC)CC1.I. The summed E-state index contributed by atoms with van der Waals surface area (Å²) in [6, 6.07) is 8.12. The van der Waals surface area contributed by atoms with Crippen molar-refractivity contribution in [3.63, 3.8) is 0 Å². The zero-order chi connectivity index (χ0) is 20.0. The van der Waals surface area contributed by atoms with Gasteiger partial charge in [0.15, 0.2) is 5.96 Å². The molecule has 29 heavy (non-hydrogen) atoms. The normalized spacial score (nSPS) is 15.1. The first-order valence-electron chi connectivity index (χ1n) is 10.0. The van der Waals surface area contributed by atoms with E-state index in [1.807, 2.05) is 19.2 Å². The predicted molar refractivity (Wildman–Crippen MR) is 126 cm³/mol. The average molecular weight is 521 g/mol. The van der Waals surface area contributed by atoms with Crippen molar-refractivity contribution >= 4 is 29.9 Å². The third-order valence-electron chi connectivity index (χ3n) is 4.73. The van der Waals surface area contributed by atoms with E-state index in [9.17, 15) is 0 Å². The van der Waals surface area contributed by atoms with E-state index in [0.717, 1.165) is 63.8 Å². The third kappa shape index (κ3) is 9.97. The fourth-order valence-electron chi connectivity index (χ4n) is 3.15. The summed E-state index contributed by atoms with van der Waals surface area (Å²) in [7, 11) is 5.23. The number of hydrogen-bond donors (Lipinski definition) is 1. The molecule has 1 N–H and O–H groups in total. The predicted octanol–water partition coefficient (Wildman–Crippen LogP) is 2.92. The topological polar surface area (TPSA) is 64.6 Å². The molecule has 0 aromatic heterocycles. The molecular weight excluding hydrogens is 485 g/mol. The molecule has 1 aromatic carbocycles. The molecule has 0 unspecified atom stereocenters. The molecule has 0 spiro atoms. The largest absolute Gasteiger partial charge is 0.491 e. The van der Waals surface area contributed by atoms with Gasteiger partial charge in [-0.2, -0.15) is 0 Å². The number of halogens is 1. The van der Waals surface area contributed by atoms with E-state index in [2.05, 4.69) is 27.3 Å². The Bertz CT molecular complexity index is 564. The number of methoxy groups -OCH3 is 2. The van der Waals surface area contributed by atoms with Crippen molar-refractivity contribution in [1.29, 1.82) is 0 Å². The highest BCUT2D eigenvalue weighted by atomic mass is 127. The van der Waals surface area contributed by atoms with Crippen LogP contribution >= 0.6 is 24.0 Å². The minimum absolute atomic E-state index is 0. The molecule has 0 saturated carbocycles. The van der Waals surface area contributed by atoms with Crippen LogP contribution in [0.2, 0.25) is 0 Å². The van der Waals surface area contributed by atoms with E-state index in [-0.39, 0.29) is 24.0 Å². The van der Waals surface area contributed by atoms with Crippen LogP contribution in [0.1, 0.15) is 24.8 Å². The summed E-state index contributed by atoms with van der Waals surface area (Å²) in [6.07, 6.45) is 3.36. The van der Waals surface area contributed by atoms with Crippen LogP contribution in [-0.2, 0) is 20.8 Å². The van der Waals surface area contributed by atoms with Crippen LogP contribution in [0.4, 0.5) is 0 Å². The number of ether oxygens (including phenoxy) is 4. The first-order valence-corrected chi connectivity index (χ1v) is 10.0. The lowest BCUT2D eigenvalue weighted by atomic mass is 10.1. The van der Waals surface area contributed by atoms with Crippen LogP contribution in [0, 0.1) is 0 Å². The van der Waals surface area contributed by atoms with E-state index in [1.54, 1.807) is 14.2 Å².